The Labute approximate surface area is 251 Å². The van der Waals surface area contributed by atoms with Crippen LogP contribution in [0.15, 0.2) is 60.7 Å². The molecule has 3 aromatic rings. The Morgan fingerprint density at radius 3 is 2.39 bits per heavy atom. The summed E-state index contributed by atoms with van der Waals surface area (Å²) in [4.78, 5) is 67.5. The Morgan fingerprint density at radius 1 is 0.886 bits per heavy atom. The van der Waals surface area contributed by atoms with Gasteiger partial charge in [-0.2, -0.15) is 0 Å². The molecule has 1 unspecified atom stereocenters. The molecule has 3 aliphatic heterocycles. The number of hydrogen-bond acceptors (Lipinski definition) is 7. The number of imide groups is 2. The number of fused-ring (bicyclic) bond motifs is 1. The summed E-state index contributed by atoms with van der Waals surface area (Å²) < 4.78 is 29.2. The van der Waals surface area contributed by atoms with Crippen LogP contribution in [0.2, 0.25) is 0 Å². The van der Waals surface area contributed by atoms with Crippen LogP contribution in [0, 0.1) is 11.6 Å². The fraction of sp³-hybridized carbons (Fsp3) is 0.281. The van der Waals surface area contributed by atoms with Gasteiger partial charge in [0.15, 0.2) is 0 Å². The number of benzene rings is 3. The molecule has 0 spiro atoms. The summed E-state index contributed by atoms with van der Waals surface area (Å²) in [5, 5.41) is 5.23. The van der Waals surface area contributed by atoms with E-state index < -0.39 is 41.3 Å². The standard InChI is InChI=1S/C32H29F2N5O5/c33-23-6-2-1-4-21(23)30(42)38-14-12-37(13-15-38)18-19-8-9-20(24(34)16-19)17-35-25-7-3-5-22-28(25)32(44)39(31(22)43)26-10-11-27(40)36-29(26)41/h1-9,16,26,35H,10-15,17-18H2,(H,36,40,41). The number of piperazine rings is 1. The van der Waals surface area contributed by atoms with Gasteiger partial charge in [0.05, 0.1) is 16.7 Å². The largest absolute Gasteiger partial charge is 0.380 e. The van der Waals surface area contributed by atoms with Gasteiger partial charge in [0.25, 0.3) is 17.7 Å². The van der Waals surface area contributed by atoms with Crippen LogP contribution in [0.1, 0.15) is 55.0 Å². The lowest BCUT2D eigenvalue weighted by Crippen LogP contribution is -2.54. The molecule has 10 nitrogen and oxygen atoms in total. The zero-order chi connectivity index (χ0) is 31.0. The van der Waals surface area contributed by atoms with E-state index in [1.807, 2.05) is 6.07 Å². The molecule has 5 amide bonds. The van der Waals surface area contributed by atoms with E-state index in [4.69, 9.17) is 0 Å². The second-order valence-electron chi connectivity index (χ2n) is 11.0. The van der Waals surface area contributed by atoms with Crippen LogP contribution >= 0.6 is 0 Å². The van der Waals surface area contributed by atoms with E-state index in [1.54, 1.807) is 35.2 Å². The number of piperidine rings is 1. The molecule has 0 aliphatic carbocycles. The summed E-state index contributed by atoms with van der Waals surface area (Å²) in [6.45, 7) is 2.51. The molecule has 0 aromatic heterocycles. The van der Waals surface area contributed by atoms with E-state index in [-0.39, 0.29) is 42.0 Å². The van der Waals surface area contributed by atoms with Crippen LogP contribution in [0.4, 0.5) is 14.5 Å². The third-order valence-corrected chi connectivity index (χ3v) is 8.22. The number of rotatable bonds is 7. The highest BCUT2D eigenvalue weighted by molar-refractivity contribution is 6.25. The Hall–Kier alpha value is -4.97. The average Bonchev–Trinajstić information content (AvgIpc) is 3.27. The molecule has 3 aliphatic rings. The maximum atomic E-state index is 15.1. The fourth-order valence-electron chi connectivity index (χ4n) is 5.86. The van der Waals surface area contributed by atoms with Crippen LogP contribution in [0.25, 0.3) is 0 Å². The zero-order valence-corrected chi connectivity index (χ0v) is 23.6. The number of nitrogens with one attached hydrogen (secondary N) is 2. The maximum Gasteiger partial charge on any atom is 0.264 e. The number of carbonyl (C=O) groups is 5. The van der Waals surface area contributed by atoms with Crippen molar-refractivity contribution in [3.8, 4) is 0 Å². The van der Waals surface area contributed by atoms with Gasteiger partial charge in [-0.15, -0.1) is 0 Å². The zero-order valence-electron chi connectivity index (χ0n) is 23.6. The first-order valence-electron chi connectivity index (χ1n) is 14.3. The van der Waals surface area contributed by atoms with Crippen LogP contribution in [-0.2, 0) is 22.7 Å². The topological polar surface area (TPSA) is 119 Å². The van der Waals surface area contributed by atoms with E-state index in [1.165, 1.54) is 24.3 Å². The van der Waals surface area contributed by atoms with E-state index in [0.717, 1.165) is 10.5 Å². The van der Waals surface area contributed by atoms with Gasteiger partial charge >= 0.3 is 0 Å². The Bertz CT molecular complexity index is 1690. The molecule has 12 heteroatoms. The van der Waals surface area contributed by atoms with Gasteiger partial charge in [-0.1, -0.05) is 30.3 Å². The molecule has 226 valence electrons. The average molecular weight is 602 g/mol. The first kappa shape index (κ1) is 29.1. The maximum absolute atomic E-state index is 15.1. The summed E-state index contributed by atoms with van der Waals surface area (Å²) in [6, 6.07) is 14.5. The van der Waals surface area contributed by atoms with Gasteiger partial charge in [-0.05, 0) is 42.3 Å². The molecule has 2 N–H and O–H groups in total. The van der Waals surface area contributed by atoms with Crippen molar-refractivity contribution in [2.45, 2.75) is 32.0 Å². The van der Waals surface area contributed by atoms with Gasteiger partial charge in [0.2, 0.25) is 11.8 Å². The first-order chi connectivity index (χ1) is 21.2. The first-order valence-corrected chi connectivity index (χ1v) is 14.3. The Kier molecular flexibility index (Phi) is 7.92. The van der Waals surface area contributed by atoms with Crippen LogP contribution in [0.5, 0.6) is 0 Å². The lowest BCUT2D eigenvalue weighted by Gasteiger charge is -2.34. The number of hydrogen-bond donors (Lipinski definition) is 2. The van der Waals surface area contributed by atoms with Crippen molar-refractivity contribution in [3.05, 3.63) is 100 Å². The fourth-order valence-corrected chi connectivity index (χ4v) is 5.86. The van der Waals surface area contributed by atoms with Crippen molar-refractivity contribution in [2.75, 3.05) is 31.5 Å². The quantitative estimate of drug-likeness (QED) is 0.400. The van der Waals surface area contributed by atoms with Gasteiger partial charge in [0.1, 0.15) is 17.7 Å². The Balaban J connectivity index is 1.07. The van der Waals surface area contributed by atoms with Crippen molar-refractivity contribution in [1.29, 1.82) is 0 Å². The van der Waals surface area contributed by atoms with E-state index in [2.05, 4.69) is 15.5 Å². The lowest BCUT2D eigenvalue weighted by molar-refractivity contribution is -0.136. The summed E-state index contributed by atoms with van der Waals surface area (Å²) in [6.07, 6.45) is 0.0769. The highest BCUT2D eigenvalue weighted by Gasteiger charge is 2.45. The number of carbonyl (C=O) groups excluding carboxylic acids is 5. The predicted octanol–water partition coefficient (Wildman–Crippen LogP) is 2.94. The molecular formula is C32H29F2N5O5. The predicted molar refractivity (Wildman–Crippen MR) is 154 cm³/mol. The monoisotopic (exact) mass is 601 g/mol. The number of amides is 5. The minimum absolute atomic E-state index is 0.0234. The van der Waals surface area contributed by atoms with Crippen LogP contribution < -0.4 is 10.6 Å². The molecule has 0 bridgehead atoms. The highest BCUT2D eigenvalue weighted by atomic mass is 19.1. The minimum atomic E-state index is -1.08. The van der Waals surface area contributed by atoms with Crippen LogP contribution in [-0.4, -0.2) is 76.5 Å². The van der Waals surface area contributed by atoms with E-state index in [0.29, 0.717) is 44.0 Å². The Morgan fingerprint density at radius 2 is 1.66 bits per heavy atom. The van der Waals surface area contributed by atoms with E-state index >= 15 is 4.39 Å². The third-order valence-electron chi connectivity index (χ3n) is 8.22. The number of nitrogens with zero attached hydrogens (tertiary/aromatic N) is 3. The summed E-state index contributed by atoms with van der Waals surface area (Å²) in [5.41, 5.74) is 1.73. The highest BCUT2D eigenvalue weighted by Crippen LogP contribution is 2.32. The van der Waals surface area contributed by atoms with Crippen molar-refractivity contribution >= 4 is 35.2 Å². The van der Waals surface area contributed by atoms with Gasteiger partial charge < -0.3 is 10.2 Å². The van der Waals surface area contributed by atoms with Gasteiger partial charge in [-0.25, -0.2) is 8.78 Å². The van der Waals surface area contributed by atoms with E-state index in [9.17, 15) is 28.4 Å². The van der Waals surface area contributed by atoms with Crippen molar-refractivity contribution in [3.63, 3.8) is 0 Å². The van der Waals surface area contributed by atoms with Crippen molar-refractivity contribution < 1.29 is 32.8 Å². The molecule has 0 radical (unpaired) electrons. The van der Waals surface area contributed by atoms with Crippen molar-refractivity contribution in [2.24, 2.45) is 0 Å². The smallest absolute Gasteiger partial charge is 0.264 e. The summed E-state index contributed by atoms with van der Waals surface area (Å²) in [7, 11) is 0. The second kappa shape index (κ2) is 12.0. The number of anilines is 1. The van der Waals surface area contributed by atoms with Crippen LogP contribution in [0.3, 0.4) is 0 Å². The number of halogens is 2. The molecular weight excluding hydrogens is 572 g/mol. The third kappa shape index (κ3) is 5.55. The molecule has 44 heavy (non-hydrogen) atoms. The molecule has 1 atom stereocenters. The molecule has 0 saturated carbocycles. The molecule has 2 saturated heterocycles. The summed E-state index contributed by atoms with van der Waals surface area (Å²) in [5.74, 6) is -3.73. The van der Waals surface area contributed by atoms with Gasteiger partial charge in [-0.3, -0.25) is 39.1 Å². The SMILES string of the molecule is O=C1CCC(N2C(=O)c3cccc(NCc4ccc(CN5CCN(C(=O)c6ccccc6F)CC5)cc4F)c3C2=O)C(=O)N1. The summed E-state index contributed by atoms with van der Waals surface area (Å²) >= 11 is 0. The molecule has 3 heterocycles. The molecule has 2 fully saturated rings. The lowest BCUT2D eigenvalue weighted by atomic mass is 10.0. The minimum Gasteiger partial charge on any atom is -0.380 e. The second-order valence-corrected chi connectivity index (χ2v) is 11.0. The molecule has 3 aromatic carbocycles. The molecule has 6 rings (SSSR count). The van der Waals surface area contributed by atoms with Gasteiger partial charge in [0, 0.05) is 56.9 Å². The van der Waals surface area contributed by atoms with Crippen molar-refractivity contribution in [1.82, 2.24) is 20.0 Å². The normalized spacial score (nSPS) is 18.8.